The monoisotopic (exact) mass is 291 g/mol. The molecule has 1 aliphatic heterocycles. The second-order valence-electron chi connectivity index (χ2n) is 6.32. The Bertz CT molecular complexity index is 451. The summed E-state index contributed by atoms with van der Waals surface area (Å²) in [6.45, 7) is 3.27. The van der Waals surface area contributed by atoms with E-state index in [4.69, 9.17) is 0 Å². The van der Waals surface area contributed by atoms with Gasteiger partial charge in [-0.05, 0) is 38.5 Å². The predicted octanol–water partition coefficient (Wildman–Crippen LogP) is 1.93. The van der Waals surface area contributed by atoms with Crippen molar-refractivity contribution < 1.29 is 9.59 Å². The second kappa shape index (κ2) is 6.46. The van der Waals surface area contributed by atoms with Crippen molar-refractivity contribution in [1.29, 1.82) is 5.26 Å². The summed E-state index contributed by atoms with van der Waals surface area (Å²) in [6, 6.07) is 2.31. The summed E-state index contributed by atoms with van der Waals surface area (Å²) in [5, 5.41) is 9.36. The van der Waals surface area contributed by atoms with Crippen LogP contribution in [0.25, 0.3) is 0 Å². The van der Waals surface area contributed by atoms with Crippen LogP contribution >= 0.6 is 0 Å². The largest absolute Gasteiger partial charge is 0.342 e. The lowest BCUT2D eigenvalue weighted by Gasteiger charge is -2.45. The van der Waals surface area contributed by atoms with Crippen LogP contribution in [-0.2, 0) is 9.59 Å². The van der Waals surface area contributed by atoms with Crippen LogP contribution in [0.3, 0.4) is 0 Å². The topological polar surface area (TPSA) is 64.4 Å². The summed E-state index contributed by atoms with van der Waals surface area (Å²) in [5.41, 5.74) is -0.590. The first kappa shape index (κ1) is 15.8. The number of carbonyl (C=O) groups excluding carboxylic acids is 2. The Balaban J connectivity index is 1.99. The Morgan fingerprint density at radius 1 is 1.38 bits per heavy atom. The van der Waals surface area contributed by atoms with E-state index in [0.29, 0.717) is 13.0 Å². The van der Waals surface area contributed by atoms with Gasteiger partial charge in [0.1, 0.15) is 5.54 Å². The van der Waals surface area contributed by atoms with Crippen molar-refractivity contribution in [2.24, 2.45) is 5.92 Å². The Morgan fingerprint density at radius 2 is 2.10 bits per heavy atom. The number of hydrogen-bond donors (Lipinski definition) is 0. The van der Waals surface area contributed by atoms with Gasteiger partial charge in [0.2, 0.25) is 11.8 Å². The summed E-state index contributed by atoms with van der Waals surface area (Å²) >= 11 is 0. The van der Waals surface area contributed by atoms with E-state index in [0.717, 1.165) is 45.1 Å². The van der Waals surface area contributed by atoms with E-state index in [-0.39, 0.29) is 17.7 Å². The molecule has 2 amide bonds. The van der Waals surface area contributed by atoms with Gasteiger partial charge in [0.15, 0.2) is 0 Å². The molecule has 21 heavy (non-hydrogen) atoms. The van der Waals surface area contributed by atoms with E-state index in [1.54, 1.807) is 11.9 Å². The zero-order valence-corrected chi connectivity index (χ0v) is 13.1. The quantitative estimate of drug-likeness (QED) is 0.795. The first-order valence-corrected chi connectivity index (χ1v) is 8.01. The highest BCUT2D eigenvalue weighted by Crippen LogP contribution is 2.37. The van der Waals surface area contributed by atoms with Gasteiger partial charge in [-0.3, -0.25) is 9.59 Å². The molecule has 0 aromatic carbocycles. The van der Waals surface area contributed by atoms with Crippen molar-refractivity contribution in [2.75, 3.05) is 20.1 Å². The van der Waals surface area contributed by atoms with Crippen molar-refractivity contribution in [3.05, 3.63) is 0 Å². The number of carbonyl (C=O) groups is 2. The van der Waals surface area contributed by atoms with Crippen molar-refractivity contribution in [3.63, 3.8) is 0 Å². The molecular weight excluding hydrogens is 266 g/mol. The van der Waals surface area contributed by atoms with E-state index in [1.807, 2.05) is 11.8 Å². The molecule has 0 spiro atoms. The minimum Gasteiger partial charge on any atom is -0.342 e. The molecule has 1 unspecified atom stereocenters. The molecule has 0 bridgehead atoms. The standard InChI is InChI=1S/C16H25N3O2/c1-3-6-14(20)19-10-4-7-13(11-19)15(21)18(2)16(12-17)8-5-9-16/h13H,3-11H2,1-2H3. The molecule has 2 fully saturated rings. The molecule has 2 rings (SSSR count). The van der Waals surface area contributed by atoms with Gasteiger partial charge in [0, 0.05) is 26.6 Å². The summed E-state index contributed by atoms with van der Waals surface area (Å²) in [4.78, 5) is 28.1. The van der Waals surface area contributed by atoms with Crippen molar-refractivity contribution in [3.8, 4) is 6.07 Å². The van der Waals surface area contributed by atoms with Crippen LogP contribution in [0.4, 0.5) is 0 Å². The number of likely N-dealkylation sites (tertiary alicyclic amines) is 1. The molecule has 1 heterocycles. The molecule has 0 aromatic heterocycles. The normalized spacial score (nSPS) is 23.9. The molecule has 2 aliphatic rings. The van der Waals surface area contributed by atoms with Crippen LogP contribution in [0.2, 0.25) is 0 Å². The lowest BCUT2D eigenvalue weighted by atomic mass is 9.76. The van der Waals surface area contributed by atoms with Crippen LogP contribution in [0.15, 0.2) is 0 Å². The van der Waals surface area contributed by atoms with Gasteiger partial charge in [-0.25, -0.2) is 0 Å². The smallest absolute Gasteiger partial charge is 0.228 e. The minimum absolute atomic E-state index is 0.0326. The number of piperidine rings is 1. The van der Waals surface area contributed by atoms with Crippen LogP contribution in [0, 0.1) is 17.2 Å². The lowest BCUT2D eigenvalue weighted by molar-refractivity contribution is -0.144. The maximum Gasteiger partial charge on any atom is 0.228 e. The van der Waals surface area contributed by atoms with E-state index in [9.17, 15) is 14.9 Å². The third kappa shape index (κ3) is 3.04. The number of hydrogen-bond acceptors (Lipinski definition) is 3. The van der Waals surface area contributed by atoms with Gasteiger partial charge in [-0.15, -0.1) is 0 Å². The first-order valence-electron chi connectivity index (χ1n) is 8.01. The van der Waals surface area contributed by atoms with Gasteiger partial charge in [-0.2, -0.15) is 5.26 Å². The highest BCUT2D eigenvalue weighted by atomic mass is 16.2. The van der Waals surface area contributed by atoms with E-state index < -0.39 is 5.54 Å². The minimum atomic E-state index is -0.590. The Labute approximate surface area is 126 Å². The molecule has 5 heteroatoms. The zero-order chi connectivity index (χ0) is 15.5. The van der Waals surface area contributed by atoms with Crippen molar-refractivity contribution >= 4 is 11.8 Å². The Hall–Kier alpha value is -1.57. The molecular formula is C16H25N3O2. The molecule has 116 valence electrons. The summed E-state index contributed by atoms with van der Waals surface area (Å²) in [5.74, 6) is 0.0388. The van der Waals surface area contributed by atoms with Crippen LogP contribution in [0.1, 0.15) is 51.9 Å². The maximum absolute atomic E-state index is 12.7. The average Bonchev–Trinajstić information content (AvgIpc) is 2.46. The predicted molar refractivity (Wildman–Crippen MR) is 79.2 cm³/mol. The molecule has 0 aromatic rings. The molecule has 1 atom stereocenters. The number of nitriles is 1. The molecule has 1 aliphatic carbocycles. The third-order valence-corrected chi connectivity index (χ3v) is 4.95. The molecule has 5 nitrogen and oxygen atoms in total. The van der Waals surface area contributed by atoms with Gasteiger partial charge >= 0.3 is 0 Å². The molecule has 0 N–H and O–H groups in total. The summed E-state index contributed by atoms with van der Waals surface area (Å²) < 4.78 is 0. The van der Waals surface area contributed by atoms with Crippen LogP contribution in [-0.4, -0.2) is 47.3 Å². The van der Waals surface area contributed by atoms with E-state index >= 15 is 0 Å². The average molecular weight is 291 g/mol. The third-order valence-electron chi connectivity index (χ3n) is 4.95. The van der Waals surface area contributed by atoms with Crippen molar-refractivity contribution in [1.82, 2.24) is 9.80 Å². The number of amides is 2. The maximum atomic E-state index is 12.7. The van der Waals surface area contributed by atoms with Gasteiger partial charge in [0.25, 0.3) is 0 Å². The first-order chi connectivity index (χ1) is 10.0. The van der Waals surface area contributed by atoms with Gasteiger partial charge < -0.3 is 9.80 Å². The Morgan fingerprint density at radius 3 is 2.62 bits per heavy atom. The van der Waals surface area contributed by atoms with Crippen LogP contribution in [0.5, 0.6) is 0 Å². The molecule has 1 saturated heterocycles. The van der Waals surface area contributed by atoms with E-state index in [1.165, 1.54) is 0 Å². The zero-order valence-electron chi connectivity index (χ0n) is 13.1. The summed E-state index contributed by atoms with van der Waals surface area (Å²) in [6.07, 6.45) is 5.65. The highest BCUT2D eigenvalue weighted by Gasteiger charge is 2.45. The van der Waals surface area contributed by atoms with Crippen LogP contribution < -0.4 is 0 Å². The van der Waals surface area contributed by atoms with Gasteiger partial charge in [-0.1, -0.05) is 6.92 Å². The summed E-state index contributed by atoms with van der Waals surface area (Å²) in [7, 11) is 1.75. The number of nitrogens with zero attached hydrogens (tertiary/aromatic N) is 3. The molecule has 0 radical (unpaired) electrons. The van der Waals surface area contributed by atoms with Gasteiger partial charge in [0.05, 0.1) is 12.0 Å². The fourth-order valence-electron chi connectivity index (χ4n) is 3.30. The second-order valence-corrected chi connectivity index (χ2v) is 6.32. The molecule has 1 saturated carbocycles. The van der Waals surface area contributed by atoms with E-state index in [2.05, 4.69) is 6.07 Å². The highest BCUT2D eigenvalue weighted by molar-refractivity contribution is 5.82. The number of rotatable bonds is 4. The lowest BCUT2D eigenvalue weighted by Crippen LogP contribution is -2.56. The Kier molecular flexibility index (Phi) is 4.87. The SMILES string of the molecule is CCCC(=O)N1CCCC(C(=O)N(C)C2(C#N)CCC2)C1. The fraction of sp³-hybridized carbons (Fsp3) is 0.812. The fourth-order valence-corrected chi connectivity index (χ4v) is 3.30. The van der Waals surface area contributed by atoms with Crippen molar-refractivity contribution in [2.45, 2.75) is 57.4 Å².